The van der Waals surface area contributed by atoms with Crippen molar-refractivity contribution in [3.63, 3.8) is 0 Å². The lowest BCUT2D eigenvalue weighted by molar-refractivity contribution is -0.154. The summed E-state index contributed by atoms with van der Waals surface area (Å²) in [5.74, 6) is -1.63. The van der Waals surface area contributed by atoms with Crippen LogP contribution in [0.3, 0.4) is 0 Å². The Labute approximate surface area is 148 Å². The van der Waals surface area contributed by atoms with Crippen LogP contribution in [0.25, 0.3) is 0 Å². The van der Waals surface area contributed by atoms with Crippen LogP contribution in [0.4, 0.5) is 19.1 Å². The number of hydrogen-bond acceptors (Lipinski definition) is 6. The zero-order valence-corrected chi connectivity index (χ0v) is 14.5. The van der Waals surface area contributed by atoms with Gasteiger partial charge in [0.2, 0.25) is 18.3 Å². The molecule has 1 aromatic heterocycles. The van der Waals surface area contributed by atoms with Gasteiger partial charge in [-0.25, -0.2) is 15.0 Å². The van der Waals surface area contributed by atoms with E-state index in [1.54, 1.807) is 0 Å². The lowest BCUT2D eigenvalue weighted by atomic mass is 10.0. The highest BCUT2D eigenvalue weighted by Crippen LogP contribution is 2.27. The molecule has 146 valence electrons. The summed E-state index contributed by atoms with van der Waals surface area (Å²) in [6, 6.07) is 0.723. The highest BCUT2D eigenvalue weighted by atomic mass is 19.4. The fourth-order valence-electron chi connectivity index (χ4n) is 2.19. The third-order valence-electron chi connectivity index (χ3n) is 3.57. The second kappa shape index (κ2) is 9.90. The minimum atomic E-state index is -4.63. The summed E-state index contributed by atoms with van der Waals surface area (Å²) in [6.07, 6.45) is -0.626. The van der Waals surface area contributed by atoms with Crippen molar-refractivity contribution < 1.29 is 28.0 Å². The van der Waals surface area contributed by atoms with Gasteiger partial charge in [-0.3, -0.25) is 25.2 Å². The van der Waals surface area contributed by atoms with Crippen LogP contribution in [0.2, 0.25) is 0 Å². The number of hydroxylamine groups is 2. The van der Waals surface area contributed by atoms with E-state index >= 15 is 0 Å². The zero-order valence-electron chi connectivity index (χ0n) is 14.5. The molecule has 0 aromatic carbocycles. The summed E-state index contributed by atoms with van der Waals surface area (Å²) in [7, 11) is 1.30. The van der Waals surface area contributed by atoms with E-state index in [0.29, 0.717) is 17.9 Å². The van der Waals surface area contributed by atoms with Gasteiger partial charge in [0.25, 0.3) is 0 Å². The minimum Gasteiger partial charge on any atom is -0.286 e. The molecule has 2 N–H and O–H groups in total. The molecular weight excluding hydrogens is 355 g/mol. The summed E-state index contributed by atoms with van der Waals surface area (Å²) in [4.78, 5) is 30.0. The van der Waals surface area contributed by atoms with Gasteiger partial charge in [0.1, 0.15) is 5.69 Å². The Hall–Kier alpha value is -2.43. The average molecular weight is 377 g/mol. The van der Waals surface area contributed by atoms with Crippen molar-refractivity contribution in [3.8, 4) is 0 Å². The topological polar surface area (TPSA) is 98.7 Å². The first-order valence-corrected chi connectivity index (χ1v) is 8.04. The number of hydrazine groups is 1. The molecule has 1 heterocycles. The summed E-state index contributed by atoms with van der Waals surface area (Å²) in [6.45, 7) is 1.76. The maximum Gasteiger partial charge on any atom is 0.433 e. The number of alkyl halides is 3. The van der Waals surface area contributed by atoms with Crippen LogP contribution < -0.4 is 10.4 Å². The first-order chi connectivity index (χ1) is 12.2. The Morgan fingerprint density at radius 3 is 2.69 bits per heavy atom. The van der Waals surface area contributed by atoms with Crippen molar-refractivity contribution >= 4 is 18.3 Å². The van der Waals surface area contributed by atoms with Gasteiger partial charge in [0, 0.05) is 13.2 Å². The van der Waals surface area contributed by atoms with E-state index in [-0.39, 0.29) is 18.9 Å². The summed E-state index contributed by atoms with van der Waals surface area (Å²) >= 11 is 0. The predicted octanol–water partition coefficient (Wildman–Crippen LogP) is 2.01. The number of carbonyl (C=O) groups is 2. The van der Waals surface area contributed by atoms with Gasteiger partial charge in [-0.15, -0.1) is 0 Å². The number of hydrogen-bond donors (Lipinski definition) is 2. The smallest absolute Gasteiger partial charge is 0.286 e. The van der Waals surface area contributed by atoms with E-state index in [4.69, 9.17) is 0 Å². The number of nitrogens with zero attached hydrogens (tertiary/aromatic N) is 4. The van der Waals surface area contributed by atoms with E-state index in [1.807, 2.05) is 6.92 Å². The molecule has 2 amide bonds. The molecule has 0 saturated carbocycles. The van der Waals surface area contributed by atoms with Crippen LogP contribution >= 0.6 is 0 Å². The third kappa shape index (κ3) is 6.82. The van der Waals surface area contributed by atoms with Gasteiger partial charge >= 0.3 is 6.18 Å². The maximum atomic E-state index is 12.7. The van der Waals surface area contributed by atoms with Crippen LogP contribution in [0.1, 0.15) is 38.3 Å². The normalized spacial score (nSPS) is 12.4. The fraction of sp³-hybridized carbons (Fsp3) is 0.600. The van der Waals surface area contributed by atoms with E-state index < -0.39 is 23.7 Å². The molecule has 0 aliphatic carbocycles. The largest absolute Gasteiger partial charge is 0.433 e. The van der Waals surface area contributed by atoms with E-state index in [0.717, 1.165) is 30.1 Å². The second-order valence-corrected chi connectivity index (χ2v) is 5.69. The molecule has 0 unspecified atom stereocenters. The van der Waals surface area contributed by atoms with Gasteiger partial charge in [-0.05, 0) is 12.5 Å². The highest BCUT2D eigenvalue weighted by Gasteiger charge is 2.33. The third-order valence-corrected chi connectivity index (χ3v) is 3.57. The van der Waals surface area contributed by atoms with E-state index in [1.165, 1.54) is 7.05 Å². The molecule has 0 aliphatic rings. The number of nitrogens with one attached hydrogen (secondary N) is 1. The standard InChI is InChI=1S/C15H22F3N5O3/c1-3-4-5-6-11(9-23(26)10-24)13(25)21-22(2)14-19-8-7-12(20-14)15(16,17)18/h7-8,10-11,26H,3-6,9H2,1-2H3,(H,21,25)/t11-/m1/s1. The molecular formula is C15H22F3N5O3. The first kappa shape index (κ1) is 21.6. The summed E-state index contributed by atoms with van der Waals surface area (Å²) in [5, 5.41) is 10.7. The molecule has 0 radical (unpaired) electrons. The van der Waals surface area contributed by atoms with Crippen LogP contribution in [0, 0.1) is 5.92 Å². The molecule has 26 heavy (non-hydrogen) atoms. The molecule has 1 aromatic rings. The molecule has 0 spiro atoms. The van der Waals surface area contributed by atoms with Crippen molar-refractivity contribution in [2.75, 3.05) is 18.6 Å². The van der Waals surface area contributed by atoms with Gasteiger partial charge in [0.15, 0.2) is 0 Å². The maximum absolute atomic E-state index is 12.7. The van der Waals surface area contributed by atoms with Crippen molar-refractivity contribution in [2.45, 2.75) is 38.8 Å². The summed E-state index contributed by atoms with van der Waals surface area (Å²) < 4.78 is 38.1. The van der Waals surface area contributed by atoms with Gasteiger partial charge < -0.3 is 0 Å². The lowest BCUT2D eigenvalue weighted by Gasteiger charge is -2.24. The number of amides is 2. The summed E-state index contributed by atoms with van der Waals surface area (Å²) in [5.41, 5.74) is 1.25. The van der Waals surface area contributed by atoms with Gasteiger partial charge in [0.05, 0.1) is 12.5 Å². The number of unbranched alkanes of at least 4 members (excludes halogenated alkanes) is 2. The Kier molecular flexibility index (Phi) is 8.23. The van der Waals surface area contributed by atoms with Crippen molar-refractivity contribution in [1.29, 1.82) is 0 Å². The second-order valence-electron chi connectivity index (χ2n) is 5.69. The molecule has 0 fully saturated rings. The molecule has 0 saturated heterocycles. The van der Waals surface area contributed by atoms with Gasteiger partial charge in [-0.1, -0.05) is 26.2 Å². The zero-order chi connectivity index (χ0) is 19.7. The molecule has 8 nitrogen and oxygen atoms in total. The molecule has 1 atom stereocenters. The first-order valence-electron chi connectivity index (χ1n) is 8.04. The quantitative estimate of drug-likeness (QED) is 0.280. The Balaban J connectivity index is 2.81. The number of rotatable bonds is 10. The van der Waals surface area contributed by atoms with Crippen LogP contribution in [0.5, 0.6) is 0 Å². The monoisotopic (exact) mass is 377 g/mol. The van der Waals surface area contributed by atoms with Crippen molar-refractivity contribution in [2.24, 2.45) is 5.92 Å². The predicted molar refractivity (Wildman–Crippen MR) is 85.8 cm³/mol. The van der Waals surface area contributed by atoms with Crippen LogP contribution in [-0.4, -0.2) is 46.1 Å². The average Bonchev–Trinajstić information content (AvgIpc) is 2.60. The molecule has 0 aliphatic heterocycles. The Morgan fingerprint density at radius 1 is 1.42 bits per heavy atom. The van der Waals surface area contributed by atoms with Gasteiger partial charge in [-0.2, -0.15) is 13.2 Å². The van der Waals surface area contributed by atoms with Crippen LogP contribution in [0.15, 0.2) is 12.3 Å². The number of halogens is 3. The number of aromatic nitrogens is 2. The number of carbonyl (C=O) groups excluding carboxylic acids is 2. The van der Waals surface area contributed by atoms with E-state index in [2.05, 4.69) is 15.4 Å². The number of anilines is 1. The lowest BCUT2D eigenvalue weighted by Crippen LogP contribution is -2.46. The SMILES string of the molecule is CCCCC[C@H](CN(O)C=O)C(=O)NN(C)c1nccc(C(F)(F)F)n1. The molecule has 1 rings (SSSR count). The Morgan fingerprint density at radius 2 is 2.12 bits per heavy atom. The fourth-order valence-corrected chi connectivity index (χ4v) is 2.19. The van der Waals surface area contributed by atoms with Crippen molar-refractivity contribution in [1.82, 2.24) is 20.5 Å². The molecule has 0 bridgehead atoms. The molecule has 11 heteroatoms. The Bertz CT molecular complexity index is 600. The van der Waals surface area contributed by atoms with E-state index in [9.17, 15) is 28.0 Å². The van der Waals surface area contributed by atoms with Crippen molar-refractivity contribution in [3.05, 3.63) is 18.0 Å². The minimum absolute atomic E-state index is 0.180. The van der Waals surface area contributed by atoms with Crippen LogP contribution in [-0.2, 0) is 15.8 Å². The highest BCUT2D eigenvalue weighted by molar-refractivity contribution is 5.80.